The second-order valence-electron chi connectivity index (χ2n) is 8.10. The number of methoxy groups -OCH3 is 1. The molecule has 0 radical (unpaired) electrons. The molecule has 8 nitrogen and oxygen atoms in total. The normalized spacial score (nSPS) is 16.6. The molecule has 8 heteroatoms. The molecule has 1 saturated heterocycles. The summed E-state index contributed by atoms with van der Waals surface area (Å²) in [6.07, 6.45) is 0. The highest BCUT2D eigenvalue weighted by atomic mass is 16.5. The lowest BCUT2D eigenvalue weighted by Crippen LogP contribution is -2.29. The lowest BCUT2D eigenvalue weighted by Gasteiger charge is -2.27. The number of aliphatic hydroxyl groups excluding tert-OH is 1. The molecule has 1 aliphatic heterocycles. The fourth-order valence-corrected chi connectivity index (χ4v) is 4.28. The van der Waals surface area contributed by atoms with Crippen LogP contribution in [0.1, 0.15) is 31.0 Å². The molecule has 0 saturated carbocycles. The van der Waals surface area contributed by atoms with Crippen LogP contribution in [0.25, 0.3) is 5.76 Å². The number of rotatable bonds is 7. The van der Waals surface area contributed by atoms with E-state index in [0.717, 1.165) is 0 Å². The zero-order chi connectivity index (χ0) is 25.8. The summed E-state index contributed by atoms with van der Waals surface area (Å²) in [5, 5.41) is 14.0. The van der Waals surface area contributed by atoms with Gasteiger partial charge in [0.25, 0.3) is 11.7 Å². The highest BCUT2D eigenvalue weighted by Crippen LogP contribution is 2.45. The third kappa shape index (κ3) is 4.65. The Balaban J connectivity index is 1.94. The average molecular weight is 487 g/mol. The standard InChI is InChI=1S/C28H26N2O6/c1-4-36-21-12-7-9-18(15-21)26(32)24-25(22-13-5-6-14-23(22)35-3)30(28(34)27(24)33)20-11-8-10-19(16-20)29-17(2)31/h5-16,25,32H,4H2,1-3H3,(H,29,31)/b26-24+. The van der Waals surface area contributed by atoms with Crippen molar-refractivity contribution in [2.75, 3.05) is 23.9 Å². The minimum absolute atomic E-state index is 0.0805. The molecule has 0 spiro atoms. The molecule has 3 aromatic rings. The number of ether oxygens (including phenoxy) is 2. The fourth-order valence-electron chi connectivity index (χ4n) is 4.28. The van der Waals surface area contributed by atoms with Crippen molar-refractivity contribution in [3.63, 3.8) is 0 Å². The van der Waals surface area contributed by atoms with E-state index in [9.17, 15) is 19.5 Å². The summed E-state index contributed by atoms with van der Waals surface area (Å²) in [6, 6.07) is 19.3. The number of anilines is 2. The lowest BCUT2D eigenvalue weighted by molar-refractivity contribution is -0.132. The van der Waals surface area contributed by atoms with Gasteiger partial charge in [-0.3, -0.25) is 19.3 Å². The fraction of sp³-hybridized carbons (Fsp3) is 0.179. The van der Waals surface area contributed by atoms with E-state index in [2.05, 4.69) is 5.32 Å². The van der Waals surface area contributed by atoms with Crippen LogP contribution in [-0.2, 0) is 14.4 Å². The Hall–Kier alpha value is -4.59. The van der Waals surface area contributed by atoms with Crippen molar-refractivity contribution in [2.24, 2.45) is 0 Å². The van der Waals surface area contributed by atoms with Crippen LogP contribution in [0.15, 0.2) is 78.4 Å². The van der Waals surface area contributed by atoms with Gasteiger partial charge in [-0.15, -0.1) is 0 Å². The molecule has 184 valence electrons. The van der Waals surface area contributed by atoms with Crippen LogP contribution in [-0.4, -0.2) is 36.4 Å². The van der Waals surface area contributed by atoms with Gasteiger partial charge in [0.15, 0.2) is 0 Å². The Bertz CT molecular complexity index is 1360. The highest BCUT2D eigenvalue weighted by molar-refractivity contribution is 6.51. The van der Waals surface area contributed by atoms with Crippen LogP contribution < -0.4 is 19.7 Å². The van der Waals surface area contributed by atoms with Crippen LogP contribution in [0.2, 0.25) is 0 Å². The number of aliphatic hydroxyl groups is 1. The summed E-state index contributed by atoms with van der Waals surface area (Å²) >= 11 is 0. The number of ketones is 1. The van der Waals surface area contributed by atoms with Gasteiger partial charge in [0.2, 0.25) is 5.91 Å². The summed E-state index contributed by atoms with van der Waals surface area (Å²) in [7, 11) is 1.49. The highest BCUT2D eigenvalue weighted by Gasteiger charge is 2.48. The Morgan fingerprint density at radius 3 is 2.50 bits per heavy atom. The van der Waals surface area contributed by atoms with E-state index in [1.54, 1.807) is 72.8 Å². The van der Waals surface area contributed by atoms with E-state index >= 15 is 0 Å². The van der Waals surface area contributed by atoms with Gasteiger partial charge in [-0.05, 0) is 43.3 Å². The topological polar surface area (TPSA) is 105 Å². The summed E-state index contributed by atoms with van der Waals surface area (Å²) < 4.78 is 11.1. The van der Waals surface area contributed by atoms with E-state index in [4.69, 9.17) is 9.47 Å². The number of benzene rings is 3. The van der Waals surface area contributed by atoms with E-state index in [1.165, 1.54) is 18.9 Å². The molecule has 2 N–H and O–H groups in total. The Kier molecular flexibility index (Phi) is 7.05. The van der Waals surface area contributed by atoms with Crippen molar-refractivity contribution in [3.8, 4) is 11.5 Å². The molecule has 4 rings (SSSR count). The monoisotopic (exact) mass is 486 g/mol. The molecule has 1 heterocycles. The summed E-state index contributed by atoms with van der Waals surface area (Å²) in [5.41, 5.74) is 1.62. The maximum atomic E-state index is 13.4. The molecule has 0 bridgehead atoms. The number of Topliss-reactive ketones (excluding diaryl/α,β-unsaturated/α-hetero) is 1. The second kappa shape index (κ2) is 10.4. The van der Waals surface area contributed by atoms with Gasteiger partial charge in [0.05, 0.1) is 25.3 Å². The van der Waals surface area contributed by atoms with Crippen molar-refractivity contribution < 1.29 is 29.0 Å². The van der Waals surface area contributed by atoms with Crippen molar-refractivity contribution in [3.05, 3.63) is 89.5 Å². The third-order valence-electron chi connectivity index (χ3n) is 5.74. The van der Waals surface area contributed by atoms with E-state index < -0.39 is 17.7 Å². The summed E-state index contributed by atoms with van der Waals surface area (Å²) in [5.74, 6) is -1.28. The number of hydrogen-bond donors (Lipinski definition) is 2. The number of amides is 2. The van der Waals surface area contributed by atoms with Gasteiger partial charge in [-0.2, -0.15) is 0 Å². The molecule has 1 atom stereocenters. The predicted molar refractivity (Wildman–Crippen MR) is 136 cm³/mol. The Morgan fingerprint density at radius 2 is 1.78 bits per heavy atom. The second-order valence-corrected chi connectivity index (χ2v) is 8.10. The van der Waals surface area contributed by atoms with Crippen molar-refractivity contribution >= 4 is 34.7 Å². The molecule has 2 amide bonds. The first-order chi connectivity index (χ1) is 17.3. The van der Waals surface area contributed by atoms with Gasteiger partial charge in [0, 0.05) is 29.4 Å². The van der Waals surface area contributed by atoms with Crippen LogP contribution in [0, 0.1) is 0 Å². The first kappa shape index (κ1) is 24.5. The molecule has 0 aromatic heterocycles. The predicted octanol–water partition coefficient (Wildman–Crippen LogP) is 4.68. The van der Waals surface area contributed by atoms with E-state index in [-0.39, 0.29) is 17.2 Å². The first-order valence-electron chi connectivity index (χ1n) is 11.4. The molecule has 36 heavy (non-hydrogen) atoms. The molecule has 0 aliphatic carbocycles. The van der Waals surface area contributed by atoms with Crippen molar-refractivity contribution in [2.45, 2.75) is 19.9 Å². The van der Waals surface area contributed by atoms with Gasteiger partial charge >= 0.3 is 0 Å². The number of para-hydroxylation sites is 1. The van der Waals surface area contributed by atoms with Gasteiger partial charge in [-0.1, -0.05) is 36.4 Å². The average Bonchev–Trinajstić information content (AvgIpc) is 3.13. The van der Waals surface area contributed by atoms with E-state index in [0.29, 0.717) is 40.6 Å². The number of hydrogen-bond acceptors (Lipinski definition) is 6. The van der Waals surface area contributed by atoms with E-state index in [1.807, 2.05) is 6.92 Å². The molecular weight excluding hydrogens is 460 g/mol. The lowest BCUT2D eigenvalue weighted by atomic mass is 9.94. The number of nitrogens with zero attached hydrogens (tertiary/aromatic N) is 1. The zero-order valence-electron chi connectivity index (χ0n) is 20.1. The summed E-state index contributed by atoms with van der Waals surface area (Å²) in [6.45, 7) is 3.65. The molecule has 3 aromatic carbocycles. The molecule has 1 unspecified atom stereocenters. The Morgan fingerprint density at radius 1 is 1.03 bits per heavy atom. The first-order valence-corrected chi connectivity index (χ1v) is 11.4. The minimum atomic E-state index is -0.982. The number of nitrogens with one attached hydrogen (secondary N) is 1. The quantitative estimate of drug-likeness (QED) is 0.285. The SMILES string of the molecule is CCOc1cccc(/C(O)=C2\C(=O)C(=O)N(c3cccc(NC(C)=O)c3)C2c2ccccc2OC)c1. The number of carbonyl (C=O) groups is 3. The van der Waals surface area contributed by atoms with Crippen LogP contribution in [0.4, 0.5) is 11.4 Å². The Labute approximate surface area is 208 Å². The maximum absolute atomic E-state index is 13.4. The van der Waals surface area contributed by atoms with Gasteiger partial charge in [-0.25, -0.2) is 0 Å². The molecule has 1 fully saturated rings. The van der Waals surface area contributed by atoms with Crippen molar-refractivity contribution in [1.82, 2.24) is 0 Å². The zero-order valence-corrected chi connectivity index (χ0v) is 20.1. The number of carbonyl (C=O) groups excluding carboxylic acids is 3. The third-order valence-corrected chi connectivity index (χ3v) is 5.74. The van der Waals surface area contributed by atoms with Crippen LogP contribution >= 0.6 is 0 Å². The van der Waals surface area contributed by atoms with Crippen molar-refractivity contribution in [1.29, 1.82) is 0 Å². The van der Waals surface area contributed by atoms with Crippen LogP contribution in [0.3, 0.4) is 0 Å². The molecular formula is C28H26N2O6. The molecule has 1 aliphatic rings. The van der Waals surface area contributed by atoms with Gasteiger partial charge in [0.1, 0.15) is 17.3 Å². The minimum Gasteiger partial charge on any atom is -0.507 e. The van der Waals surface area contributed by atoms with Gasteiger partial charge < -0.3 is 19.9 Å². The smallest absolute Gasteiger partial charge is 0.300 e. The largest absolute Gasteiger partial charge is 0.507 e. The maximum Gasteiger partial charge on any atom is 0.300 e. The van der Waals surface area contributed by atoms with Crippen LogP contribution in [0.5, 0.6) is 11.5 Å². The summed E-state index contributed by atoms with van der Waals surface area (Å²) in [4.78, 5) is 39.7.